The molecule has 2 rings (SSSR count). The van der Waals surface area contributed by atoms with Gasteiger partial charge in [0, 0.05) is 35.8 Å². The number of nitrogens with zero attached hydrogens (tertiary/aromatic N) is 2. The molecular weight excluding hydrogens is 292 g/mol. The normalized spacial score (nSPS) is 19.7. The van der Waals surface area contributed by atoms with Gasteiger partial charge < -0.3 is 0 Å². The minimum Gasteiger partial charge on any atom is -0.298 e. The van der Waals surface area contributed by atoms with Crippen LogP contribution in [-0.2, 0) is 13.8 Å². The second kappa shape index (κ2) is 5.26. The molecule has 2 heterocycles. The van der Waals surface area contributed by atoms with Gasteiger partial charge in [-0.1, -0.05) is 0 Å². The van der Waals surface area contributed by atoms with E-state index in [0.717, 1.165) is 0 Å². The van der Waals surface area contributed by atoms with Crippen LogP contribution in [0.5, 0.6) is 0 Å². The van der Waals surface area contributed by atoms with Crippen molar-refractivity contribution < 1.29 is 18.0 Å². The lowest BCUT2D eigenvalue weighted by atomic mass is 10.1. The van der Waals surface area contributed by atoms with Gasteiger partial charge >= 0.3 is 0 Å². The Morgan fingerprint density at radius 1 is 1.53 bits per heavy atom. The highest BCUT2D eigenvalue weighted by Gasteiger charge is 2.34. The van der Waals surface area contributed by atoms with Gasteiger partial charge in [-0.3, -0.25) is 14.5 Å². The first-order chi connectivity index (χ1) is 8.90. The summed E-state index contributed by atoms with van der Waals surface area (Å²) in [6.07, 6.45) is 2.17. The fourth-order valence-electron chi connectivity index (χ4n) is 2.11. The lowest BCUT2D eigenvalue weighted by Gasteiger charge is -2.16. The van der Waals surface area contributed by atoms with Crippen LogP contribution in [0, 0.1) is 5.92 Å². The van der Waals surface area contributed by atoms with E-state index in [1.165, 1.54) is 11.1 Å². The molecule has 6 nitrogen and oxygen atoms in total. The first kappa shape index (κ1) is 14.0. The molecule has 1 aromatic heterocycles. The van der Waals surface area contributed by atoms with E-state index in [1.807, 2.05) is 0 Å². The Labute approximate surface area is 114 Å². The Morgan fingerprint density at radius 2 is 2.26 bits per heavy atom. The Morgan fingerprint density at radius 3 is 2.89 bits per heavy atom. The van der Waals surface area contributed by atoms with Gasteiger partial charge in [-0.25, -0.2) is 13.4 Å². The molecule has 0 aliphatic carbocycles. The lowest BCUT2D eigenvalue weighted by Crippen LogP contribution is -2.27. The number of halogens is 1. The van der Waals surface area contributed by atoms with Crippen LogP contribution >= 0.6 is 10.7 Å². The van der Waals surface area contributed by atoms with Crippen molar-refractivity contribution in [3.63, 3.8) is 0 Å². The third-order valence-electron chi connectivity index (χ3n) is 2.84. The molecule has 1 aliphatic heterocycles. The second-order valence-electron chi connectivity index (χ2n) is 4.31. The zero-order chi connectivity index (χ0) is 14.0. The van der Waals surface area contributed by atoms with Crippen LogP contribution in [0.2, 0.25) is 0 Å². The molecule has 0 aromatic carbocycles. The quantitative estimate of drug-likeness (QED) is 0.607. The number of aromatic nitrogens is 1. The maximum Gasteiger partial charge on any atom is 0.232 e. The Kier molecular flexibility index (Phi) is 3.86. The van der Waals surface area contributed by atoms with E-state index in [9.17, 15) is 18.0 Å². The molecule has 0 saturated carbocycles. The van der Waals surface area contributed by atoms with E-state index in [4.69, 9.17) is 10.7 Å². The average molecular weight is 303 g/mol. The van der Waals surface area contributed by atoms with Crippen LogP contribution in [0.4, 0.5) is 5.82 Å². The molecular formula is C11H11ClN2O4S. The van der Waals surface area contributed by atoms with E-state index in [0.29, 0.717) is 11.8 Å². The molecule has 8 heteroatoms. The highest BCUT2D eigenvalue weighted by atomic mass is 35.7. The molecule has 1 fully saturated rings. The van der Waals surface area contributed by atoms with Crippen LogP contribution < -0.4 is 4.90 Å². The molecule has 19 heavy (non-hydrogen) atoms. The van der Waals surface area contributed by atoms with Crippen molar-refractivity contribution in [2.45, 2.75) is 6.42 Å². The Bertz CT molecular complexity index is 617. The zero-order valence-corrected chi connectivity index (χ0v) is 11.4. The number of pyridine rings is 1. The smallest absolute Gasteiger partial charge is 0.232 e. The summed E-state index contributed by atoms with van der Waals surface area (Å²) in [5.74, 6) is -0.638. The molecule has 1 atom stereocenters. The van der Waals surface area contributed by atoms with Crippen LogP contribution in [0.3, 0.4) is 0 Å². The van der Waals surface area contributed by atoms with Crippen LogP contribution in [0.15, 0.2) is 18.3 Å². The van der Waals surface area contributed by atoms with Crippen molar-refractivity contribution in [2.24, 2.45) is 5.92 Å². The largest absolute Gasteiger partial charge is 0.298 e. The summed E-state index contributed by atoms with van der Waals surface area (Å²) in [6, 6.07) is 3.14. The maximum absolute atomic E-state index is 11.9. The van der Waals surface area contributed by atoms with Gasteiger partial charge in [0.05, 0.1) is 11.3 Å². The van der Waals surface area contributed by atoms with E-state index >= 15 is 0 Å². The summed E-state index contributed by atoms with van der Waals surface area (Å²) in [5, 5.41) is 0. The third kappa shape index (κ3) is 3.30. The van der Waals surface area contributed by atoms with Gasteiger partial charge in [-0.2, -0.15) is 0 Å². The number of carbonyl (C=O) groups excluding carboxylic acids is 2. The van der Waals surface area contributed by atoms with Gasteiger partial charge in [0.15, 0.2) is 6.29 Å². The van der Waals surface area contributed by atoms with Crippen molar-refractivity contribution in [1.82, 2.24) is 4.98 Å². The van der Waals surface area contributed by atoms with Crippen LogP contribution in [0.1, 0.15) is 16.8 Å². The molecule has 0 spiro atoms. The first-order valence-electron chi connectivity index (χ1n) is 5.53. The molecule has 0 radical (unpaired) electrons. The number of rotatable bonds is 4. The molecule has 1 aliphatic rings. The van der Waals surface area contributed by atoms with Crippen molar-refractivity contribution in [3.8, 4) is 0 Å². The van der Waals surface area contributed by atoms with E-state index in [-0.39, 0.29) is 36.4 Å². The van der Waals surface area contributed by atoms with E-state index in [1.54, 1.807) is 12.1 Å². The lowest BCUT2D eigenvalue weighted by molar-refractivity contribution is -0.117. The fraction of sp³-hybridized carbons (Fsp3) is 0.364. The van der Waals surface area contributed by atoms with Crippen LogP contribution in [0.25, 0.3) is 0 Å². The molecule has 1 unspecified atom stereocenters. The zero-order valence-electron chi connectivity index (χ0n) is 9.82. The number of carbonyl (C=O) groups is 2. The predicted molar refractivity (Wildman–Crippen MR) is 69.7 cm³/mol. The number of aldehydes is 1. The highest BCUT2D eigenvalue weighted by Crippen LogP contribution is 2.26. The second-order valence-corrected chi connectivity index (χ2v) is 7.14. The molecule has 102 valence electrons. The minimum absolute atomic E-state index is 0.0841. The molecule has 1 amide bonds. The van der Waals surface area contributed by atoms with Gasteiger partial charge in [-0.05, 0) is 12.1 Å². The van der Waals surface area contributed by atoms with Gasteiger partial charge in [0.1, 0.15) is 5.82 Å². The number of amides is 1. The standard InChI is InChI=1S/C11H11ClN2O4S/c12-19(17,18)7-8-4-10(16)14(5-8)11-9(6-15)2-1-3-13-11/h1-3,6,8H,4-5,7H2. The predicted octanol–water partition coefficient (Wildman–Crippen LogP) is 0.816. The first-order valence-corrected chi connectivity index (χ1v) is 8.01. The van der Waals surface area contributed by atoms with Gasteiger partial charge in [-0.15, -0.1) is 0 Å². The Balaban J connectivity index is 2.23. The summed E-state index contributed by atoms with van der Waals surface area (Å²) in [7, 11) is 1.53. The fourth-order valence-corrected chi connectivity index (χ4v) is 3.43. The van der Waals surface area contributed by atoms with Crippen molar-refractivity contribution in [2.75, 3.05) is 17.2 Å². The molecule has 1 saturated heterocycles. The van der Waals surface area contributed by atoms with Crippen LogP contribution in [-0.4, -0.2) is 37.9 Å². The van der Waals surface area contributed by atoms with Crippen molar-refractivity contribution >= 4 is 37.7 Å². The summed E-state index contributed by atoms with van der Waals surface area (Å²) in [6.45, 7) is 0.197. The highest BCUT2D eigenvalue weighted by molar-refractivity contribution is 8.13. The summed E-state index contributed by atoms with van der Waals surface area (Å²) in [5.41, 5.74) is 0.297. The van der Waals surface area contributed by atoms with Gasteiger partial charge in [0.2, 0.25) is 15.0 Å². The molecule has 1 aromatic rings. The molecule has 0 N–H and O–H groups in total. The number of hydrogen-bond donors (Lipinski definition) is 0. The maximum atomic E-state index is 11.9. The van der Waals surface area contributed by atoms with E-state index in [2.05, 4.69) is 4.98 Å². The Hall–Kier alpha value is -1.47. The monoisotopic (exact) mass is 302 g/mol. The minimum atomic E-state index is -3.65. The van der Waals surface area contributed by atoms with E-state index < -0.39 is 9.05 Å². The topological polar surface area (TPSA) is 84.4 Å². The van der Waals surface area contributed by atoms with Crippen molar-refractivity contribution in [3.05, 3.63) is 23.9 Å². The third-order valence-corrected chi connectivity index (χ3v) is 4.09. The number of anilines is 1. The molecule has 0 bridgehead atoms. The van der Waals surface area contributed by atoms with Gasteiger partial charge in [0.25, 0.3) is 0 Å². The summed E-state index contributed by atoms with van der Waals surface area (Å²) in [4.78, 5) is 28.1. The summed E-state index contributed by atoms with van der Waals surface area (Å²) >= 11 is 0. The summed E-state index contributed by atoms with van der Waals surface area (Å²) < 4.78 is 22.0. The number of hydrogen-bond acceptors (Lipinski definition) is 5. The van der Waals surface area contributed by atoms with Crippen molar-refractivity contribution in [1.29, 1.82) is 0 Å². The average Bonchev–Trinajstić information content (AvgIpc) is 2.67. The SMILES string of the molecule is O=Cc1cccnc1N1CC(CS(=O)(=O)Cl)CC1=O.